The molecule has 0 aliphatic carbocycles. The van der Waals surface area contributed by atoms with Crippen LogP contribution in [0.25, 0.3) is 22.2 Å². The zero-order valence-electron chi connectivity index (χ0n) is 17.1. The van der Waals surface area contributed by atoms with Crippen molar-refractivity contribution < 1.29 is 27.6 Å². The number of pyridine rings is 1. The number of benzene rings is 1. The van der Waals surface area contributed by atoms with Crippen LogP contribution in [0.1, 0.15) is 11.7 Å². The van der Waals surface area contributed by atoms with Crippen LogP contribution in [0.3, 0.4) is 0 Å². The molecule has 5 rings (SSSR count). The highest BCUT2D eigenvalue weighted by atomic mass is 19.4. The van der Waals surface area contributed by atoms with Gasteiger partial charge in [0.25, 0.3) is 0 Å². The average Bonchev–Trinajstić information content (AvgIpc) is 3.24. The number of aliphatic hydroxyl groups is 1. The maximum absolute atomic E-state index is 12.9. The zero-order valence-corrected chi connectivity index (χ0v) is 17.1. The van der Waals surface area contributed by atoms with E-state index in [1.807, 2.05) is 6.07 Å². The van der Waals surface area contributed by atoms with Crippen molar-refractivity contribution in [1.29, 1.82) is 0 Å². The molecule has 1 N–H and O–H groups in total. The third-order valence-corrected chi connectivity index (χ3v) is 5.98. The SMILES string of the molecule is OC(c1cncc(-c2cc(N3CC(CN4CCOCC4)C3)c3nonc3c2)c1)C(F)(F)F. The van der Waals surface area contributed by atoms with Crippen LogP contribution >= 0.6 is 0 Å². The number of ether oxygens (including phenoxy) is 1. The second-order valence-electron chi connectivity index (χ2n) is 8.26. The fourth-order valence-electron chi connectivity index (χ4n) is 4.27. The molecular weight excluding hydrogens is 427 g/mol. The number of fused-ring (bicyclic) bond motifs is 1. The number of aliphatic hydroxyl groups excluding tert-OH is 1. The molecule has 1 aromatic carbocycles. The van der Waals surface area contributed by atoms with E-state index in [1.165, 1.54) is 12.3 Å². The smallest absolute Gasteiger partial charge is 0.379 e. The van der Waals surface area contributed by atoms with Crippen LogP contribution < -0.4 is 4.90 Å². The van der Waals surface area contributed by atoms with Crippen LogP contribution in [0.15, 0.2) is 35.2 Å². The molecule has 0 amide bonds. The Kier molecular flexibility index (Phi) is 5.48. The summed E-state index contributed by atoms with van der Waals surface area (Å²) in [5.41, 5.74) is 2.70. The lowest BCUT2D eigenvalue weighted by atomic mass is 9.96. The fraction of sp³-hybridized carbons (Fsp3) is 0.476. The van der Waals surface area contributed by atoms with Crippen molar-refractivity contribution in [2.24, 2.45) is 5.92 Å². The highest BCUT2D eigenvalue weighted by Gasteiger charge is 2.39. The Balaban J connectivity index is 1.39. The molecular formula is C21H22F3N5O3. The summed E-state index contributed by atoms with van der Waals surface area (Å²) in [6, 6.07) is 4.85. The number of aromatic nitrogens is 3. The molecule has 2 saturated heterocycles. The van der Waals surface area contributed by atoms with Gasteiger partial charge in [0.05, 0.1) is 18.9 Å². The minimum absolute atomic E-state index is 0.315. The molecule has 0 radical (unpaired) electrons. The molecule has 1 unspecified atom stereocenters. The van der Waals surface area contributed by atoms with E-state index in [1.54, 1.807) is 6.07 Å². The monoisotopic (exact) mass is 449 g/mol. The van der Waals surface area contributed by atoms with Crippen molar-refractivity contribution in [1.82, 2.24) is 20.2 Å². The van der Waals surface area contributed by atoms with E-state index >= 15 is 0 Å². The highest BCUT2D eigenvalue weighted by Crippen LogP contribution is 2.37. The normalized spacial score (nSPS) is 19.3. The summed E-state index contributed by atoms with van der Waals surface area (Å²) in [7, 11) is 0. The summed E-state index contributed by atoms with van der Waals surface area (Å²) in [5, 5.41) is 17.5. The molecule has 8 nitrogen and oxygen atoms in total. The minimum atomic E-state index is -4.77. The number of nitrogens with zero attached hydrogens (tertiary/aromatic N) is 5. The predicted octanol–water partition coefficient (Wildman–Crippen LogP) is 2.65. The second-order valence-corrected chi connectivity index (χ2v) is 8.26. The number of alkyl halides is 3. The lowest BCUT2D eigenvalue weighted by Crippen LogP contribution is -2.53. The van der Waals surface area contributed by atoms with Crippen molar-refractivity contribution in [2.75, 3.05) is 50.8 Å². The van der Waals surface area contributed by atoms with E-state index in [4.69, 9.17) is 9.37 Å². The summed E-state index contributed by atoms with van der Waals surface area (Å²) in [5.74, 6) is 0.513. The molecule has 3 aromatic rings. The highest BCUT2D eigenvalue weighted by molar-refractivity contribution is 5.93. The molecule has 0 saturated carbocycles. The van der Waals surface area contributed by atoms with Gasteiger partial charge in [-0.3, -0.25) is 9.88 Å². The van der Waals surface area contributed by atoms with Crippen LogP contribution in [-0.2, 0) is 4.74 Å². The first kappa shape index (κ1) is 21.1. The summed E-state index contributed by atoms with van der Waals surface area (Å²) in [6.45, 7) is 6.09. The largest absolute Gasteiger partial charge is 0.418 e. The standard InChI is InChI=1S/C21H22F3N5O3/c22-21(23,24)20(30)16-5-15(8-25-9-16)14-6-17-19(27-32-26-17)18(7-14)29-11-13(12-29)10-28-1-3-31-4-2-28/h5-9,13,20,30H,1-4,10-12H2. The summed E-state index contributed by atoms with van der Waals surface area (Å²) in [4.78, 5) is 8.47. The van der Waals surface area contributed by atoms with Gasteiger partial charge in [-0.25, -0.2) is 4.63 Å². The van der Waals surface area contributed by atoms with Crippen LogP contribution in [0, 0.1) is 5.92 Å². The molecule has 2 fully saturated rings. The number of rotatable bonds is 5. The van der Waals surface area contributed by atoms with Crippen LogP contribution in [0.4, 0.5) is 18.9 Å². The first-order valence-electron chi connectivity index (χ1n) is 10.4. The number of hydrogen-bond donors (Lipinski definition) is 1. The summed E-state index contributed by atoms with van der Waals surface area (Å²) < 4.78 is 49.1. The Morgan fingerprint density at radius 1 is 1.06 bits per heavy atom. The van der Waals surface area contributed by atoms with Gasteiger partial charge in [0.1, 0.15) is 5.52 Å². The van der Waals surface area contributed by atoms with Gasteiger partial charge in [0, 0.05) is 62.2 Å². The van der Waals surface area contributed by atoms with Gasteiger partial charge < -0.3 is 14.7 Å². The molecule has 4 heterocycles. The van der Waals surface area contributed by atoms with Crippen molar-refractivity contribution in [3.8, 4) is 11.1 Å². The van der Waals surface area contributed by atoms with E-state index in [2.05, 4.69) is 25.1 Å². The third-order valence-electron chi connectivity index (χ3n) is 5.98. The topological polar surface area (TPSA) is 87.8 Å². The molecule has 170 valence electrons. The van der Waals surface area contributed by atoms with Gasteiger partial charge in [-0.2, -0.15) is 13.2 Å². The van der Waals surface area contributed by atoms with E-state index in [9.17, 15) is 18.3 Å². The molecule has 0 spiro atoms. The quantitative estimate of drug-likeness (QED) is 0.636. The van der Waals surface area contributed by atoms with E-state index in [-0.39, 0.29) is 5.56 Å². The lowest BCUT2D eigenvalue weighted by molar-refractivity contribution is -0.206. The number of anilines is 1. The van der Waals surface area contributed by atoms with Crippen molar-refractivity contribution >= 4 is 16.7 Å². The van der Waals surface area contributed by atoms with Gasteiger partial charge in [-0.05, 0) is 34.1 Å². The van der Waals surface area contributed by atoms with Crippen molar-refractivity contribution in [3.05, 3.63) is 36.2 Å². The van der Waals surface area contributed by atoms with Gasteiger partial charge in [-0.1, -0.05) is 0 Å². The van der Waals surface area contributed by atoms with E-state index in [0.29, 0.717) is 28.1 Å². The molecule has 2 aliphatic heterocycles. The van der Waals surface area contributed by atoms with Crippen molar-refractivity contribution in [3.63, 3.8) is 0 Å². The summed E-state index contributed by atoms with van der Waals surface area (Å²) in [6.07, 6.45) is -4.88. The number of morpholine rings is 1. The maximum Gasteiger partial charge on any atom is 0.418 e. The Bertz CT molecular complexity index is 1090. The Morgan fingerprint density at radius 3 is 2.59 bits per heavy atom. The molecule has 2 aromatic heterocycles. The van der Waals surface area contributed by atoms with Gasteiger partial charge in [-0.15, -0.1) is 0 Å². The van der Waals surface area contributed by atoms with Crippen molar-refractivity contribution in [2.45, 2.75) is 12.3 Å². The third kappa shape index (κ3) is 4.15. The minimum Gasteiger partial charge on any atom is -0.379 e. The molecule has 32 heavy (non-hydrogen) atoms. The average molecular weight is 449 g/mol. The van der Waals surface area contributed by atoms with Crippen LogP contribution in [0.5, 0.6) is 0 Å². The second kappa shape index (κ2) is 8.30. The maximum atomic E-state index is 12.9. The Hall–Kier alpha value is -2.76. The zero-order chi connectivity index (χ0) is 22.3. The number of hydrogen-bond acceptors (Lipinski definition) is 8. The first-order chi connectivity index (χ1) is 15.4. The van der Waals surface area contributed by atoms with E-state index < -0.39 is 12.3 Å². The van der Waals surface area contributed by atoms with Gasteiger partial charge >= 0.3 is 6.18 Å². The molecule has 11 heteroatoms. The summed E-state index contributed by atoms with van der Waals surface area (Å²) >= 11 is 0. The molecule has 0 bridgehead atoms. The van der Waals surface area contributed by atoms with Crippen LogP contribution in [-0.4, -0.2) is 77.4 Å². The van der Waals surface area contributed by atoms with Gasteiger partial charge in [0.15, 0.2) is 11.6 Å². The lowest BCUT2D eigenvalue weighted by Gasteiger charge is -2.43. The van der Waals surface area contributed by atoms with E-state index in [0.717, 1.165) is 57.8 Å². The number of halogens is 3. The Labute approximate surface area is 181 Å². The Morgan fingerprint density at radius 2 is 1.84 bits per heavy atom. The molecule has 2 aliphatic rings. The molecule has 1 atom stereocenters. The van der Waals surface area contributed by atoms with Gasteiger partial charge in [0.2, 0.25) is 0 Å². The van der Waals surface area contributed by atoms with Crippen LogP contribution in [0.2, 0.25) is 0 Å². The predicted molar refractivity (Wildman–Crippen MR) is 109 cm³/mol. The first-order valence-corrected chi connectivity index (χ1v) is 10.4. The fourth-order valence-corrected chi connectivity index (χ4v) is 4.27.